The van der Waals surface area contributed by atoms with Crippen molar-refractivity contribution >= 4 is 34.5 Å². The average Bonchev–Trinajstić information content (AvgIpc) is 3.04. The summed E-state index contributed by atoms with van der Waals surface area (Å²) in [5, 5.41) is 2.04. The Morgan fingerprint density at radius 2 is 1.95 bits per heavy atom. The van der Waals surface area contributed by atoms with E-state index in [0.717, 1.165) is 23.7 Å². The Morgan fingerprint density at radius 3 is 2.57 bits per heavy atom. The predicted octanol–water partition coefficient (Wildman–Crippen LogP) is 3.50. The van der Waals surface area contributed by atoms with Gasteiger partial charge in [-0.1, -0.05) is 17.7 Å². The molecule has 0 N–H and O–H groups in total. The molecule has 0 saturated carbocycles. The fourth-order valence-corrected chi connectivity index (χ4v) is 3.27. The minimum absolute atomic E-state index is 0.0850. The Morgan fingerprint density at radius 1 is 1.19 bits per heavy atom. The number of rotatable bonds is 2. The van der Waals surface area contributed by atoms with Crippen LogP contribution in [0.2, 0.25) is 5.02 Å². The predicted molar refractivity (Wildman–Crippen MR) is 83.8 cm³/mol. The first-order valence-corrected chi connectivity index (χ1v) is 7.94. The molecule has 3 rings (SSSR count). The zero-order chi connectivity index (χ0) is 14.8. The van der Waals surface area contributed by atoms with Crippen LogP contribution >= 0.6 is 22.9 Å². The number of halogens is 2. The molecule has 0 atom stereocenters. The number of thiophene rings is 1. The van der Waals surface area contributed by atoms with Crippen molar-refractivity contribution in [3.8, 4) is 0 Å². The van der Waals surface area contributed by atoms with Gasteiger partial charge in [0.1, 0.15) is 5.82 Å². The number of hydrogen-bond donors (Lipinski definition) is 0. The summed E-state index contributed by atoms with van der Waals surface area (Å²) in [4.78, 5) is 17.0. The van der Waals surface area contributed by atoms with Crippen LogP contribution < -0.4 is 4.90 Å². The van der Waals surface area contributed by atoms with Crippen LogP contribution in [0.25, 0.3) is 0 Å². The van der Waals surface area contributed by atoms with Crippen molar-refractivity contribution in [2.75, 3.05) is 31.1 Å². The summed E-state index contributed by atoms with van der Waals surface area (Å²) in [6, 6.07) is 8.46. The second kappa shape index (κ2) is 6.03. The van der Waals surface area contributed by atoms with Gasteiger partial charge in [0.2, 0.25) is 0 Å². The van der Waals surface area contributed by atoms with E-state index >= 15 is 0 Å². The smallest absolute Gasteiger partial charge is 0.264 e. The van der Waals surface area contributed by atoms with Crippen molar-refractivity contribution in [1.82, 2.24) is 4.90 Å². The van der Waals surface area contributed by atoms with E-state index in [2.05, 4.69) is 4.90 Å². The van der Waals surface area contributed by atoms with E-state index in [-0.39, 0.29) is 10.9 Å². The van der Waals surface area contributed by atoms with Gasteiger partial charge in [0, 0.05) is 31.9 Å². The summed E-state index contributed by atoms with van der Waals surface area (Å²) in [5.74, 6) is -0.325. The van der Waals surface area contributed by atoms with Crippen LogP contribution in [-0.2, 0) is 0 Å². The number of carbonyl (C=O) groups is 1. The van der Waals surface area contributed by atoms with Gasteiger partial charge in [-0.25, -0.2) is 4.39 Å². The number of carbonyl (C=O) groups excluding carboxylic acids is 1. The number of amides is 1. The fourth-order valence-electron chi connectivity index (χ4n) is 2.41. The van der Waals surface area contributed by atoms with Crippen LogP contribution in [-0.4, -0.2) is 37.0 Å². The van der Waals surface area contributed by atoms with Gasteiger partial charge in [-0.3, -0.25) is 4.79 Å². The van der Waals surface area contributed by atoms with Crippen molar-refractivity contribution in [3.05, 3.63) is 51.4 Å². The molecule has 1 saturated heterocycles. The summed E-state index contributed by atoms with van der Waals surface area (Å²) >= 11 is 7.28. The van der Waals surface area contributed by atoms with E-state index in [4.69, 9.17) is 11.6 Å². The van der Waals surface area contributed by atoms with Gasteiger partial charge in [0.15, 0.2) is 0 Å². The fraction of sp³-hybridized carbons (Fsp3) is 0.267. The number of nitrogens with zero attached hydrogens (tertiary/aromatic N) is 2. The molecule has 2 heterocycles. The maximum Gasteiger partial charge on any atom is 0.264 e. The van der Waals surface area contributed by atoms with E-state index in [9.17, 15) is 9.18 Å². The molecule has 1 aromatic heterocycles. The highest BCUT2D eigenvalue weighted by molar-refractivity contribution is 7.12. The highest BCUT2D eigenvalue weighted by Crippen LogP contribution is 2.24. The third-order valence-electron chi connectivity index (χ3n) is 3.57. The lowest BCUT2D eigenvalue weighted by molar-refractivity contribution is 0.0751. The van der Waals surface area contributed by atoms with Crippen LogP contribution in [0, 0.1) is 5.82 Å². The number of anilines is 1. The Labute approximate surface area is 131 Å². The van der Waals surface area contributed by atoms with Gasteiger partial charge in [-0.15, -0.1) is 11.3 Å². The Bertz CT molecular complexity index is 639. The molecule has 21 heavy (non-hydrogen) atoms. The molecule has 1 aliphatic heterocycles. The van der Waals surface area contributed by atoms with Crippen LogP contribution in [0.15, 0.2) is 35.7 Å². The molecule has 0 unspecified atom stereocenters. The van der Waals surface area contributed by atoms with Crippen LogP contribution in [0.4, 0.5) is 10.1 Å². The largest absolute Gasteiger partial charge is 0.368 e. The van der Waals surface area contributed by atoms with E-state index < -0.39 is 5.82 Å². The summed E-state index contributed by atoms with van der Waals surface area (Å²) in [6.45, 7) is 2.76. The van der Waals surface area contributed by atoms with E-state index in [1.54, 1.807) is 12.1 Å². The lowest BCUT2D eigenvalue weighted by atomic mass is 10.2. The molecular weight excluding hydrogens is 311 g/mol. The normalized spacial score (nSPS) is 15.3. The molecule has 3 nitrogen and oxygen atoms in total. The number of hydrogen-bond acceptors (Lipinski definition) is 3. The van der Waals surface area contributed by atoms with E-state index in [0.29, 0.717) is 13.1 Å². The highest BCUT2D eigenvalue weighted by atomic mass is 35.5. The van der Waals surface area contributed by atoms with Gasteiger partial charge in [0.25, 0.3) is 5.91 Å². The van der Waals surface area contributed by atoms with Gasteiger partial charge in [-0.05, 0) is 29.6 Å². The molecule has 6 heteroatoms. The average molecular weight is 325 g/mol. The van der Waals surface area contributed by atoms with Crippen molar-refractivity contribution < 1.29 is 9.18 Å². The first-order chi connectivity index (χ1) is 10.1. The molecule has 0 aliphatic carbocycles. The zero-order valence-corrected chi connectivity index (χ0v) is 12.8. The molecule has 1 aromatic carbocycles. The summed E-state index contributed by atoms with van der Waals surface area (Å²) in [5.41, 5.74) is 0.893. The van der Waals surface area contributed by atoms with Crippen molar-refractivity contribution in [1.29, 1.82) is 0 Å². The number of piperazine rings is 1. The third-order valence-corrected chi connectivity index (χ3v) is 4.71. The molecule has 0 spiro atoms. The van der Waals surface area contributed by atoms with E-state index in [1.807, 2.05) is 22.4 Å². The van der Waals surface area contributed by atoms with E-state index in [1.165, 1.54) is 17.4 Å². The molecule has 0 radical (unpaired) electrons. The SMILES string of the molecule is O=C(c1cccs1)N1CCN(c2ccc(F)c(Cl)c2)CC1. The lowest BCUT2D eigenvalue weighted by Crippen LogP contribution is -2.48. The van der Waals surface area contributed by atoms with Crippen molar-refractivity contribution in [3.63, 3.8) is 0 Å². The van der Waals surface area contributed by atoms with Crippen molar-refractivity contribution in [2.24, 2.45) is 0 Å². The maximum absolute atomic E-state index is 13.2. The quantitative estimate of drug-likeness (QED) is 0.844. The molecular formula is C15H14ClFN2OS. The van der Waals surface area contributed by atoms with Crippen LogP contribution in [0.5, 0.6) is 0 Å². The molecule has 1 aliphatic rings. The number of benzene rings is 1. The standard InChI is InChI=1S/C15H14ClFN2OS/c16-12-10-11(3-4-13(12)17)18-5-7-19(8-6-18)15(20)14-2-1-9-21-14/h1-4,9-10H,5-8H2. The molecule has 2 aromatic rings. The minimum atomic E-state index is -0.410. The monoisotopic (exact) mass is 324 g/mol. The van der Waals surface area contributed by atoms with Crippen LogP contribution in [0.1, 0.15) is 9.67 Å². The third kappa shape index (κ3) is 3.04. The Balaban J connectivity index is 1.65. The molecule has 1 fully saturated rings. The minimum Gasteiger partial charge on any atom is -0.368 e. The molecule has 0 bridgehead atoms. The van der Waals surface area contributed by atoms with Crippen LogP contribution in [0.3, 0.4) is 0 Å². The lowest BCUT2D eigenvalue weighted by Gasteiger charge is -2.36. The summed E-state index contributed by atoms with van der Waals surface area (Å²) in [6.07, 6.45) is 0. The van der Waals surface area contributed by atoms with Gasteiger partial charge in [-0.2, -0.15) is 0 Å². The van der Waals surface area contributed by atoms with Crippen molar-refractivity contribution in [2.45, 2.75) is 0 Å². The molecule has 110 valence electrons. The molecule has 1 amide bonds. The highest BCUT2D eigenvalue weighted by Gasteiger charge is 2.23. The topological polar surface area (TPSA) is 23.6 Å². The summed E-state index contributed by atoms with van der Waals surface area (Å²) in [7, 11) is 0. The first kappa shape index (κ1) is 14.4. The first-order valence-electron chi connectivity index (χ1n) is 6.68. The second-order valence-electron chi connectivity index (χ2n) is 4.85. The maximum atomic E-state index is 13.2. The summed E-state index contributed by atoms with van der Waals surface area (Å²) < 4.78 is 13.2. The Hall–Kier alpha value is -1.59. The second-order valence-corrected chi connectivity index (χ2v) is 6.21. The van der Waals surface area contributed by atoms with Gasteiger partial charge in [0.05, 0.1) is 9.90 Å². The zero-order valence-electron chi connectivity index (χ0n) is 11.3. The van der Waals surface area contributed by atoms with Gasteiger partial charge < -0.3 is 9.80 Å². The van der Waals surface area contributed by atoms with Gasteiger partial charge >= 0.3 is 0 Å². The Kier molecular flexibility index (Phi) is 4.12.